The van der Waals surface area contributed by atoms with Gasteiger partial charge in [-0.1, -0.05) is 11.8 Å². The monoisotopic (exact) mass is 287 g/mol. The van der Waals surface area contributed by atoms with E-state index >= 15 is 0 Å². The first-order chi connectivity index (χ1) is 10.2. The Labute approximate surface area is 125 Å². The zero-order valence-electron chi connectivity index (χ0n) is 12.3. The maximum absolute atomic E-state index is 13.7. The first kappa shape index (κ1) is 14.5. The van der Waals surface area contributed by atoms with Gasteiger partial charge in [-0.05, 0) is 36.6 Å². The summed E-state index contributed by atoms with van der Waals surface area (Å²) in [6.07, 6.45) is 2.74. The summed E-state index contributed by atoms with van der Waals surface area (Å²) in [6.45, 7) is 5.51. The van der Waals surface area contributed by atoms with E-state index in [9.17, 15) is 4.39 Å². The third-order valence-corrected chi connectivity index (χ3v) is 4.17. The fraction of sp³-hybridized carbons (Fsp3) is 0.529. The molecule has 0 aromatic heterocycles. The van der Waals surface area contributed by atoms with Crippen molar-refractivity contribution in [2.75, 3.05) is 32.7 Å². The zero-order valence-corrected chi connectivity index (χ0v) is 12.3. The molecule has 21 heavy (non-hydrogen) atoms. The highest BCUT2D eigenvalue weighted by molar-refractivity contribution is 5.38. The molecule has 1 aromatic carbocycles. The highest BCUT2D eigenvalue weighted by Crippen LogP contribution is 2.27. The Morgan fingerprint density at radius 1 is 1.14 bits per heavy atom. The Bertz CT molecular complexity index is 549. The molecule has 1 aromatic rings. The van der Waals surface area contributed by atoms with Gasteiger partial charge in [-0.25, -0.2) is 4.39 Å². The lowest BCUT2D eigenvalue weighted by Crippen LogP contribution is -2.46. The van der Waals surface area contributed by atoms with E-state index in [1.807, 2.05) is 6.07 Å². The Morgan fingerprint density at radius 2 is 1.90 bits per heavy atom. The predicted molar refractivity (Wildman–Crippen MR) is 82.2 cm³/mol. The van der Waals surface area contributed by atoms with Crippen LogP contribution in [0.1, 0.15) is 24.0 Å². The van der Waals surface area contributed by atoms with E-state index in [0.29, 0.717) is 12.1 Å². The van der Waals surface area contributed by atoms with Gasteiger partial charge in [-0.3, -0.25) is 9.80 Å². The number of hydrogen-bond acceptors (Lipinski definition) is 3. The van der Waals surface area contributed by atoms with Crippen LogP contribution in [0.25, 0.3) is 0 Å². The molecule has 3 nitrogen and oxygen atoms in total. The largest absolute Gasteiger partial charge is 0.320 e. The van der Waals surface area contributed by atoms with Gasteiger partial charge in [0.25, 0.3) is 0 Å². The van der Waals surface area contributed by atoms with Crippen molar-refractivity contribution in [1.82, 2.24) is 9.80 Å². The van der Waals surface area contributed by atoms with Crippen molar-refractivity contribution in [3.05, 3.63) is 35.1 Å². The SMILES string of the molecule is NCC#Cc1cc(F)cc(CN2CCN(C3CC3)CC2)c1. The van der Waals surface area contributed by atoms with Crippen LogP contribution in [0.2, 0.25) is 0 Å². The van der Waals surface area contributed by atoms with Gasteiger partial charge >= 0.3 is 0 Å². The molecule has 1 aliphatic carbocycles. The molecule has 1 aliphatic heterocycles. The highest BCUT2D eigenvalue weighted by atomic mass is 19.1. The van der Waals surface area contributed by atoms with Crippen LogP contribution in [0.15, 0.2) is 18.2 Å². The maximum Gasteiger partial charge on any atom is 0.124 e. The van der Waals surface area contributed by atoms with Crippen molar-refractivity contribution in [2.45, 2.75) is 25.4 Å². The van der Waals surface area contributed by atoms with E-state index in [-0.39, 0.29) is 5.82 Å². The van der Waals surface area contributed by atoms with Crippen LogP contribution in [0.3, 0.4) is 0 Å². The second-order valence-corrected chi connectivity index (χ2v) is 5.90. The molecule has 2 fully saturated rings. The molecule has 0 amide bonds. The Kier molecular flexibility index (Phi) is 4.54. The molecular formula is C17H22FN3. The minimum Gasteiger partial charge on any atom is -0.320 e. The summed E-state index contributed by atoms with van der Waals surface area (Å²) in [5, 5.41) is 0. The summed E-state index contributed by atoms with van der Waals surface area (Å²) >= 11 is 0. The third-order valence-electron chi connectivity index (χ3n) is 4.17. The molecule has 4 heteroatoms. The van der Waals surface area contributed by atoms with Crippen molar-refractivity contribution >= 4 is 0 Å². The van der Waals surface area contributed by atoms with Crippen LogP contribution in [0.5, 0.6) is 0 Å². The molecule has 0 bridgehead atoms. The fourth-order valence-electron chi connectivity index (χ4n) is 2.95. The summed E-state index contributed by atoms with van der Waals surface area (Å²) in [4.78, 5) is 4.98. The minimum atomic E-state index is -0.217. The molecule has 112 valence electrons. The molecule has 1 heterocycles. The molecule has 0 atom stereocenters. The van der Waals surface area contributed by atoms with Crippen LogP contribution >= 0.6 is 0 Å². The van der Waals surface area contributed by atoms with E-state index in [4.69, 9.17) is 5.73 Å². The molecular weight excluding hydrogens is 265 g/mol. The average molecular weight is 287 g/mol. The molecule has 1 saturated carbocycles. The van der Waals surface area contributed by atoms with Crippen LogP contribution in [0.4, 0.5) is 4.39 Å². The van der Waals surface area contributed by atoms with Crippen LogP contribution in [-0.2, 0) is 6.54 Å². The van der Waals surface area contributed by atoms with Crippen molar-refractivity contribution in [2.24, 2.45) is 5.73 Å². The lowest BCUT2D eigenvalue weighted by atomic mass is 10.1. The van der Waals surface area contributed by atoms with Gasteiger partial charge in [0.1, 0.15) is 5.82 Å². The fourth-order valence-corrected chi connectivity index (χ4v) is 2.95. The standard InChI is InChI=1S/C17H22FN3/c18-16-11-14(2-1-5-19)10-15(12-16)13-20-6-8-21(9-7-20)17-3-4-17/h10-12,17H,3-9,13,19H2. The normalized spacial score (nSPS) is 20.1. The first-order valence-electron chi connectivity index (χ1n) is 7.69. The smallest absolute Gasteiger partial charge is 0.124 e. The Balaban J connectivity index is 1.60. The second kappa shape index (κ2) is 6.57. The van der Waals surface area contributed by atoms with E-state index in [1.165, 1.54) is 18.9 Å². The van der Waals surface area contributed by atoms with Crippen LogP contribution in [0, 0.1) is 17.7 Å². The van der Waals surface area contributed by atoms with E-state index < -0.39 is 0 Å². The van der Waals surface area contributed by atoms with Crippen LogP contribution in [-0.4, -0.2) is 48.6 Å². The van der Waals surface area contributed by atoms with Gasteiger partial charge in [0, 0.05) is 44.3 Å². The summed E-state index contributed by atoms with van der Waals surface area (Å²) in [7, 11) is 0. The summed E-state index contributed by atoms with van der Waals surface area (Å²) in [5.74, 6) is 5.47. The van der Waals surface area contributed by atoms with Gasteiger partial charge in [0.15, 0.2) is 0 Å². The number of nitrogens with two attached hydrogens (primary N) is 1. The maximum atomic E-state index is 13.7. The molecule has 2 aliphatic rings. The summed E-state index contributed by atoms with van der Waals surface area (Å²) in [5.41, 5.74) is 7.08. The minimum absolute atomic E-state index is 0.217. The van der Waals surface area contributed by atoms with Crippen molar-refractivity contribution < 1.29 is 4.39 Å². The number of hydrogen-bond donors (Lipinski definition) is 1. The molecule has 0 radical (unpaired) electrons. The Morgan fingerprint density at radius 3 is 2.57 bits per heavy atom. The zero-order chi connectivity index (χ0) is 14.7. The summed E-state index contributed by atoms with van der Waals surface area (Å²) < 4.78 is 13.7. The summed E-state index contributed by atoms with van der Waals surface area (Å²) in [6, 6.07) is 5.90. The number of piperazine rings is 1. The van der Waals surface area contributed by atoms with Crippen molar-refractivity contribution in [3.8, 4) is 11.8 Å². The van der Waals surface area contributed by atoms with Gasteiger partial charge in [0.05, 0.1) is 6.54 Å². The second-order valence-electron chi connectivity index (χ2n) is 5.90. The quantitative estimate of drug-likeness (QED) is 0.853. The van der Waals surface area contributed by atoms with Gasteiger partial charge in [-0.15, -0.1) is 0 Å². The van der Waals surface area contributed by atoms with Crippen LogP contribution < -0.4 is 5.73 Å². The number of nitrogens with zero attached hydrogens (tertiary/aromatic N) is 2. The predicted octanol–water partition coefficient (Wildman–Crippen LogP) is 1.42. The molecule has 3 rings (SSSR count). The molecule has 0 unspecified atom stereocenters. The lowest BCUT2D eigenvalue weighted by Gasteiger charge is -2.34. The van der Waals surface area contributed by atoms with Gasteiger partial charge in [0.2, 0.25) is 0 Å². The first-order valence-corrected chi connectivity index (χ1v) is 7.69. The number of rotatable bonds is 3. The lowest BCUT2D eigenvalue weighted by molar-refractivity contribution is 0.121. The van der Waals surface area contributed by atoms with E-state index in [2.05, 4.69) is 21.6 Å². The molecule has 0 spiro atoms. The molecule has 1 saturated heterocycles. The van der Waals surface area contributed by atoms with Gasteiger partial charge < -0.3 is 5.73 Å². The Hall–Kier alpha value is -1.41. The third kappa shape index (κ3) is 4.04. The topological polar surface area (TPSA) is 32.5 Å². The van der Waals surface area contributed by atoms with Crippen molar-refractivity contribution in [1.29, 1.82) is 0 Å². The highest BCUT2D eigenvalue weighted by Gasteiger charge is 2.31. The average Bonchev–Trinajstić information content (AvgIpc) is 3.30. The van der Waals surface area contributed by atoms with Crippen molar-refractivity contribution in [3.63, 3.8) is 0 Å². The molecule has 2 N–H and O–H groups in total. The number of halogens is 1. The van der Waals surface area contributed by atoms with E-state index in [0.717, 1.165) is 44.3 Å². The number of benzene rings is 1. The van der Waals surface area contributed by atoms with E-state index in [1.54, 1.807) is 6.07 Å². The van der Waals surface area contributed by atoms with Gasteiger partial charge in [-0.2, -0.15) is 0 Å².